The fourth-order valence-corrected chi connectivity index (χ4v) is 1.02. The number of pyridine rings is 1. The van der Waals surface area contributed by atoms with E-state index in [2.05, 4.69) is 10.3 Å². The number of carboxylic acid groups (broad SMARTS) is 1. The summed E-state index contributed by atoms with van der Waals surface area (Å²) in [4.78, 5) is 14.5. The molecular weight excluding hydrogens is 198 g/mol. The minimum absolute atomic E-state index is 0.0739. The van der Waals surface area contributed by atoms with E-state index in [4.69, 9.17) is 15.6 Å². The summed E-state index contributed by atoms with van der Waals surface area (Å²) in [5.41, 5.74) is 6.00. The summed E-state index contributed by atoms with van der Waals surface area (Å²) in [7, 11) is 1.59. The molecule has 1 rings (SSSR count). The molecule has 0 bridgehead atoms. The molecule has 0 fully saturated rings. The van der Waals surface area contributed by atoms with Crippen LogP contribution in [0.1, 0.15) is 10.4 Å². The highest BCUT2D eigenvalue weighted by Crippen LogP contribution is 2.15. The molecule has 1 aromatic heterocycles. The number of hydrogen-bond donors (Lipinski definition) is 3. The van der Waals surface area contributed by atoms with Gasteiger partial charge in [0.25, 0.3) is 0 Å². The first-order valence-corrected chi connectivity index (χ1v) is 4.36. The largest absolute Gasteiger partial charge is 0.478 e. The van der Waals surface area contributed by atoms with E-state index in [-0.39, 0.29) is 5.56 Å². The van der Waals surface area contributed by atoms with Gasteiger partial charge in [0.15, 0.2) is 0 Å². The molecule has 0 spiro atoms. The molecule has 15 heavy (non-hydrogen) atoms. The molecule has 0 saturated heterocycles. The Labute approximate surface area is 87.1 Å². The van der Waals surface area contributed by atoms with Gasteiger partial charge in [0.05, 0.1) is 17.9 Å². The molecule has 0 amide bonds. The second-order valence-corrected chi connectivity index (χ2v) is 2.89. The molecule has 0 unspecified atom stereocenters. The fourth-order valence-electron chi connectivity index (χ4n) is 1.02. The van der Waals surface area contributed by atoms with Crippen molar-refractivity contribution in [3.63, 3.8) is 0 Å². The molecule has 1 aromatic rings. The average molecular weight is 211 g/mol. The summed E-state index contributed by atoms with van der Waals surface area (Å²) in [6.45, 7) is 1.10. The van der Waals surface area contributed by atoms with Gasteiger partial charge < -0.3 is 20.9 Å². The van der Waals surface area contributed by atoms with E-state index in [0.29, 0.717) is 24.7 Å². The number of nitrogens with zero attached hydrogens (tertiary/aromatic N) is 1. The number of nitrogen functional groups attached to an aromatic ring is 1. The van der Waals surface area contributed by atoms with Crippen LogP contribution in [-0.2, 0) is 4.74 Å². The molecular formula is C9H13N3O3. The predicted octanol–water partition coefficient (Wildman–Crippen LogP) is 0.420. The second kappa shape index (κ2) is 5.16. The molecule has 0 aliphatic heterocycles. The molecule has 1 heterocycles. The van der Waals surface area contributed by atoms with Gasteiger partial charge in [-0.3, -0.25) is 0 Å². The van der Waals surface area contributed by atoms with Gasteiger partial charge in [-0.15, -0.1) is 0 Å². The lowest BCUT2D eigenvalue weighted by Gasteiger charge is -2.07. The van der Waals surface area contributed by atoms with E-state index in [9.17, 15) is 4.79 Å². The Morgan fingerprint density at radius 2 is 2.47 bits per heavy atom. The number of aromatic nitrogens is 1. The van der Waals surface area contributed by atoms with Gasteiger partial charge in [0.2, 0.25) is 0 Å². The highest BCUT2D eigenvalue weighted by molar-refractivity contribution is 5.89. The standard InChI is InChI=1S/C9H13N3O3/c1-15-3-2-11-8-7(10)4-6(5-12-8)9(13)14/h4-5H,2-3,10H2,1H3,(H,11,12)(H,13,14). The zero-order chi connectivity index (χ0) is 11.3. The Balaban J connectivity index is 2.70. The summed E-state index contributed by atoms with van der Waals surface area (Å²) in [5, 5.41) is 11.6. The molecule has 0 aliphatic rings. The average Bonchev–Trinajstić information content (AvgIpc) is 2.20. The lowest BCUT2D eigenvalue weighted by Crippen LogP contribution is -2.11. The summed E-state index contributed by atoms with van der Waals surface area (Å²) in [6, 6.07) is 1.37. The summed E-state index contributed by atoms with van der Waals surface area (Å²) in [6.07, 6.45) is 1.26. The van der Waals surface area contributed by atoms with E-state index in [1.807, 2.05) is 0 Å². The first kappa shape index (κ1) is 11.3. The van der Waals surface area contributed by atoms with Crippen LogP contribution in [0.3, 0.4) is 0 Å². The summed E-state index contributed by atoms with van der Waals surface area (Å²) >= 11 is 0. The lowest BCUT2D eigenvalue weighted by molar-refractivity contribution is 0.0696. The van der Waals surface area contributed by atoms with E-state index < -0.39 is 5.97 Å². The third-order valence-corrected chi connectivity index (χ3v) is 1.76. The molecule has 0 radical (unpaired) electrons. The zero-order valence-corrected chi connectivity index (χ0v) is 8.36. The third kappa shape index (κ3) is 3.10. The predicted molar refractivity (Wildman–Crippen MR) is 56.0 cm³/mol. The molecule has 82 valence electrons. The van der Waals surface area contributed by atoms with Gasteiger partial charge in [0.1, 0.15) is 5.82 Å². The summed E-state index contributed by atoms with van der Waals surface area (Å²) < 4.78 is 4.84. The number of rotatable bonds is 5. The van der Waals surface area contributed by atoms with E-state index in [0.717, 1.165) is 0 Å². The van der Waals surface area contributed by atoms with Crippen LogP contribution in [0.25, 0.3) is 0 Å². The van der Waals surface area contributed by atoms with Crippen LogP contribution in [-0.4, -0.2) is 36.3 Å². The van der Waals surface area contributed by atoms with Crippen LogP contribution in [0.2, 0.25) is 0 Å². The smallest absolute Gasteiger partial charge is 0.337 e. The van der Waals surface area contributed by atoms with Gasteiger partial charge in [-0.25, -0.2) is 9.78 Å². The van der Waals surface area contributed by atoms with Crippen molar-refractivity contribution in [1.29, 1.82) is 0 Å². The third-order valence-electron chi connectivity index (χ3n) is 1.76. The van der Waals surface area contributed by atoms with Gasteiger partial charge >= 0.3 is 5.97 Å². The Morgan fingerprint density at radius 1 is 1.73 bits per heavy atom. The highest BCUT2D eigenvalue weighted by Gasteiger charge is 2.06. The lowest BCUT2D eigenvalue weighted by atomic mass is 10.2. The topological polar surface area (TPSA) is 97.5 Å². The summed E-state index contributed by atoms with van der Waals surface area (Å²) in [5.74, 6) is -0.574. The number of aromatic carboxylic acids is 1. The normalized spacial score (nSPS) is 9.93. The highest BCUT2D eigenvalue weighted by atomic mass is 16.5. The van der Waals surface area contributed by atoms with Crippen LogP contribution in [0.15, 0.2) is 12.3 Å². The monoisotopic (exact) mass is 211 g/mol. The van der Waals surface area contributed by atoms with E-state index >= 15 is 0 Å². The fraction of sp³-hybridized carbons (Fsp3) is 0.333. The Morgan fingerprint density at radius 3 is 3.00 bits per heavy atom. The van der Waals surface area contributed by atoms with E-state index in [1.165, 1.54) is 12.3 Å². The van der Waals surface area contributed by atoms with Crippen molar-refractivity contribution in [2.45, 2.75) is 0 Å². The maximum Gasteiger partial charge on any atom is 0.337 e. The number of carbonyl (C=O) groups is 1. The molecule has 0 aromatic carbocycles. The number of carboxylic acids is 1. The first-order chi connectivity index (χ1) is 7.15. The van der Waals surface area contributed by atoms with Crippen LogP contribution in [0.4, 0.5) is 11.5 Å². The molecule has 4 N–H and O–H groups in total. The van der Waals surface area contributed by atoms with E-state index in [1.54, 1.807) is 7.11 Å². The van der Waals surface area contributed by atoms with Crippen molar-refractivity contribution in [3.05, 3.63) is 17.8 Å². The Hall–Kier alpha value is -1.82. The number of nitrogens with two attached hydrogens (primary N) is 1. The number of anilines is 2. The first-order valence-electron chi connectivity index (χ1n) is 4.36. The second-order valence-electron chi connectivity index (χ2n) is 2.89. The van der Waals surface area contributed by atoms with Gasteiger partial charge in [-0.2, -0.15) is 0 Å². The van der Waals surface area contributed by atoms with Crippen molar-refractivity contribution in [2.24, 2.45) is 0 Å². The quantitative estimate of drug-likeness (QED) is 0.611. The van der Waals surface area contributed by atoms with Crippen molar-refractivity contribution < 1.29 is 14.6 Å². The maximum atomic E-state index is 10.6. The number of hydrogen-bond acceptors (Lipinski definition) is 5. The van der Waals surface area contributed by atoms with Gasteiger partial charge in [0, 0.05) is 19.9 Å². The number of methoxy groups -OCH3 is 1. The number of nitrogens with one attached hydrogen (secondary N) is 1. The molecule has 0 aliphatic carbocycles. The minimum atomic E-state index is -1.04. The Kier molecular flexibility index (Phi) is 3.87. The van der Waals surface area contributed by atoms with Crippen LogP contribution >= 0.6 is 0 Å². The molecule has 6 heteroatoms. The minimum Gasteiger partial charge on any atom is -0.478 e. The SMILES string of the molecule is COCCNc1ncc(C(=O)O)cc1N. The van der Waals surface area contributed by atoms with Gasteiger partial charge in [-0.1, -0.05) is 0 Å². The molecule has 6 nitrogen and oxygen atoms in total. The van der Waals surface area contributed by atoms with Crippen LogP contribution in [0.5, 0.6) is 0 Å². The number of ether oxygens (including phenoxy) is 1. The van der Waals surface area contributed by atoms with Crippen LogP contribution in [0, 0.1) is 0 Å². The van der Waals surface area contributed by atoms with Crippen molar-refractivity contribution in [3.8, 4) is 0 Å². The zero-order valence-electron chi connectivity index (χ0n) is 8.36. The maximum absolute atomic E-state index is 10.6. The molecule has 0 saturated carbocycles. The van der Waals surface area contributed by atoms with Crippen molar-refractivity contribution >= 4 is 17.5 Å². The Bertz CT molecular complexity index is 354. The van der Waals surface area contributed by atoms with Gasteiger partial charge in [-0.05, 0) is 6.07 Å². The molecule has 0 atom stereocenters. The van der Waals surface area contributed by atoms with Crippen molar-refractivity contribution in [1.82, 2.24) is 4.98 Å². The van der Waals surface area contributed by atoms with Crippen molar-refractivity contribution in [2.75, 3.05) is 31.3 Å². The van der Waals surface area contributed by atoms with Crippen LogP contribution < -0.4 is 11.1 Å².